The van der Waals surface area contributed by atoms with E-state index in [0.29, 0.717) is 17.1 Å². The van der Waals surface area contributed by atoms with Crippen LogP contribution < -0.4 is 16.0 Å². The predicted octanol–water partition coefficient (Wildman–Crippen LogP) is 0.937. The monoisotopic (exact) mass is 349 g/mol. The second-order valence-electron chi connectivity index (χ2n) is 6.39. The lowest BCUT2D eigenvalue weighted by atomic mass is 10.1. The number of nitrogen functional groups attached to an aromatic ring is 1. The molecular formula is C16H25N6O3+. The molecule has 0 fully saturated rings. The highest BCUT2D eigenvalue weighted by atomic mass is 16.5. The minimum Gasteiger partial charge on any atom is -0.487 e. The van der Waals surface area contributed by atoms with Crippen molar-refractivity contribution in [3.63, 3.8) is 0 Å². The molecule has 4 N–H and O–H groups in total. The van der Waals surface area contributed by atoms with Crippen molar-refractivity contribution < 1.29 is 19.1 Å². The molecule has 0 atom stereocenters. The van der Waals surface area contributed by atoms with Crippen LogP contribution in [0.4, 0.5) is 5.69 Å². The molecular weight excluding hydrogens is 324 g/mol. The Hall–Kier alpha value is -2.65. The zero-order chi connectivity index (χ0) is 18.4. The van der Waals surface area contributed by atoms with Gasteiger partial charge in [-0.1, -0.05) is 5.21 Å². The summed E-state index contributed by atoms with van der Waals surface area (Å²) in [4.78, 5) is 11.2. The number of nitrogens with zero attached hydrogens (tertiary/aromatic N) is 4. The first kappa shape index (κ1) is 18.7. The van der Waals surface area contributed by atoms with Crippen molar-refractivity contribution in [3.8, 4) is 5.75 Å². The van der Waals surface area contributed by atoms with Gasteiger partial charge in [0.05, 0.1) is 51.2 Å². The molecule has 0 spiro atoms. The molecule has 0 aliphatic carbocycles. The molecule has 0 saturated heterocycles. The molecule has 0 aliphatic heterocycles. The van der Waals surface area contributed by atoms with Gasteiger partial charge in [-0.15, -0.1) is 5.10 Å². The van der Waals surface area contributed by atoms with E-state index in [2.05, 4.69) is 36.8 Å². The molecule has 9 heteroatoms. The van der Waals surface area contributed by atoms with Crippen LogP contribution in [-0.2, 0) is 13.2 Å². The summed E-state index contributed by atoms with van der Waals surface area (Å²) in [6.45, 7) is 5.13. The number of likely N-dealkylation sites (N-methyl/N-ethyl adjacent to an activating group) is 1. The molecule has 2 aromatic rings. The fourth-order valence-corrected chi connectivity index (χ4v) is 2.12. The third-order valence-electron chi connectivity index (χ3n) is 4.14. The summed E-state index contributed by atoms with van der Waals surface area (Å²) in [5, 5.41) is 17.4. The van der Waals surface area contributed by atoms with Crippen LogP contribution in [0.3, 0.4) is 0 Å². The SMILES string of the molecule is CC[N+](C)(C)CCn1cc(COc2ccc(NN)c(C(=O)O)c2)nn1. The average Bonchev–Trinajstić information content (AvgIpc) is 3.06. The number of hydrogen-bond acceptors (Lipinski definition) is 6. The van der Waals surface area contributed by atoms with E-state index in [-0.39, 0.29) is 12.2 Å². The number of carbonyl (C=O) groups is 1. The van der Waals surface area contributed by atoms with E-state index in [9.17, 15) is 9.90 Å². The molecule has 25 heavy (non-hydrogen) atoms. The highest BCUT2D eigenvalue weighted by Gasteiger charge is 2.13. The van der Waals surface area contributed by atoms with Gasteiger partial charge in [-0.3, -0.25) is 5.84 Å². The lowest BCUT2D eigenvalue weighted by Crippen LogP contribution is -2.41. The Morgan fingerprint density at radius 2 is 2.20 bits per heavy atom. The van der Waals surface area contributed by atoms with Gasteiger partial charge >= 0.3 is 5.97 Å². The number of carboxylic acids is 1. The van der Waals surface area contributed by atoms with Gasteiger partial charge in [0.1, 0.15) is 18.1 Å². The van der Waals surface area contributed by atoms with Gasteiger partial charge in [0.25, 0.3) is 0 Å². The number of aromatic nitrogens is 3. The highest BCUT2D eigenvalue weighted by Crippen LogP contribution is 2.22. The Labute approximate surface area is 146 Å². The fraction of sp³-hybridized carbons (Fsp3) is 0.438. The molecule has 9 nitrogen and oxygen atoms in total. The number of aromatic carboxylic acids is 1. The zero-order valence-corrected chi connectivity index (χ0v) is 14.8. The van der Waals surface area contributed by atoms with Crippen molar-refractivity contribution in [2.75, 3.05) is 32.6 Å². The Morgan fingerprint density at radius 1 is 1.44 bits per heavy atom. The molecule has 0 unspecified atom stereocenters. The van der Waals surface area contributed by atoms with Crippen molar-refractivity contribution in [1.82, 2.24) is 15.0 Å². The largest absolute Gasteiger partial charge is 0.487 e. The van der Waals surface area contributed by atoms with Gasteiger partial charge in [-0.05, 0) is 25.1 Å². The van der Waals surface area contributed by atoms with Gasteiger partial charge in [0, 0.05) is 0 Å². The van der Waals surface area contributed by atoms with Crippen molar-refractivity contribution in [1.29, 1.82) is 0 Å². The summed E-state index contributed by atoms with van der Waals surface area (Å²) in [7, 11) is 4.34. The molecule has 1 aromatic carbocycles. The van der Waals surface area contributed by atoms with E-state index in [1.165, 1.54) is 6.07 Å². The van der Waals surface area contributed by atoms with Crippen LogP contribution in [0.5, 0.6) is 5.75 Å². The van der Waals surface area contributed by atoms with Crippen molar-refractivity contribution in [2.45, 2.75) is 20.1 Å². The van der Waals surface area contributed by atoms with E-state index in [0.717, 1.165) is 24.1 Å². The lowest BCUT2D eigenvalue weighted by Gasteiger charge is -2.27. The number of nitrogens with one attached hydrogen (secondary N) is 1. The molecule has 1 heterocycles. The number of rotatable bonds is 9. The molecule has 0 saturated carbocycles. The molecule has 0 amide bonds. The second kappa shape index (κ2) is 7.95. The molecule has 0 radical (unpaired) electrons. The fourth-order valence-electron chi connectivity index (χ4n) is 2.12. The standard InChI is InChI=1S/C16H24N6O3/c1-4-22(2,3)8-7-21-10-12(19-20-21)11-25-13-5-6-15(18-17)14(9-13)16(23)24/h5-6,9-10,18H,4,7-8,11,17H2,1-3H3/p+1. The summed E-state index contributed by atoms with van der Waals surface area (Å²) in [6.07, 6.45) is 1.84. The summed E-state index contributed by atoms with van der Waals surface area (Å²) in [5.74, 6) is 4.64. The summed E-state index contributed by atoms with van der Waals surface area (Å²) >= 11 is 0. The number of hydrogen-bond donors (Lipinski definition) is 3. The van der Waals surface area contributed by atoms with Gasteiger partial charge in [-0.25, -0.2) is 9.48 Å². The third-order valence-corrected chi connectivity index (χ3v) is 4.14. The Morgan fingerprint density at radius 3 is 2.84 bits per heavy atom. The van der Waals surface area contributed by atoms with Crippen molar-refractivity contribution in [2.24, 2.45) is 5.84 Å². The van der Waals surface area contributed by atoms with E-state index in [4.69, 9.17) is 10.6 Å². The molecule has 0 aliphatic rings. The van der Waals surface area contributed by atoms with Crippen LogP contribution >= 0.6 is 0 Å². The smallest absolute Gasteiger partial charge is 0.337 e. The first-order valence-electron chi connectivity index (χ1n) is 8.02. The molecule has 2 rings (SSSR count). The highest BCUT2D eigenvalue weighted by molar-refractivity contribution is 5.94. The Bertz CT molecular complexity index is 728. The van der Waals surface area contributed by atoms with Gasteiger partial charge in [-0.2, -0.15) is 0 Å². The van der Waals surface area contributed by atoms with Crippen LogP contribution in [0.2, 0.25) is 0 Å². The molecule has 0 bridgehead atoms. The maximum atomic E-state index is 11.2. The van der Waals surface area contributed by atoms with Crippen LogP contribution in [0.15, 0.2) is 24.4 Å². The van der Waals surface area contributed by atoms with E-state index in [1.807, 2.05) is 6.20 Å². The topological polar surface area (TPSA) is 115 Å². The van der Waals surface area contributed by atoms with Gasteiger partial charge in [0.15, 0.2) is 0 Å². The normalized spacial score (nSPS) is 11.4. The van der Waals surface area contributed by atoms with Crippen molar-refractivity contribution >= 4 is 11.7 Å². The summed E-state index contributed by atoms with van der Waals surface area (Å²) < 4.78 is 8.31. The Kier molecular flexibility index (Phi) is 5.94. The molecule has 1 aromatic heterocycles. The number of hydrazine groups is 1. The first-order chi connectivity index (χ1) is 11.8. The lowest BCUT2D eigenvalue weighted by molar-refractivity contribution is -0.889. The number of ether oxygens (including phenoxy) is 1. The Balaban J connectivity index is 1.96. The number of carboxylic acid groups (broad SMARTS) is 1. The third kappa shape index (κ3) is 5.16. The van der Waals surface area contributed by atoms with Gasteiger partial charge < -0.3 is 19.8 Å². The zero-order valence-electron chi connectivity index (χ0n) is 14.8. The predicted molar refractivity (Wildman–Crippen MR) is 93.1 cm³/mol. The summed E-state index contributed by atoms with van der Waals surface area (Å²) in [6, 6.07) is 4.62. The van der Waals surface area contributed by atoms with Crippen LogP contribution in [0.1, 0.15) is 23.0 Å². The maximum absolute atomic E-state index is 11.2. The minimum atomic E-state index is -1.08. The van der Waals surface area contributed by atoms with Crippen LogP contribution in [0.25, 0.3) is 0 Å². The quantitative estimate of drug-likeness (QED) is 0.350. The molecule has 136 valence electrons. The number of nitrogens with two attached hydrogens (primary N) is 1. The number of quaternary nitrogens is 1. The summed E-state index contributed by atoms with van der Waals surface area (Å²) in [5.41, 5.74) is 3.40. The number of benzene rings is 1. The van der Waals surface area contributed by atoms with Gasteiger partial charge in [0.2, 0.25) is 0 Å². The van der Waals surface area contributed by atoms with Crippen molar-refractivity contribution in [3.05, 3.63) is 35.7 Å². The number of anilines is 1. The van der Waals surface area contributed by atoms with E-state index < -0.39 is 5.97 Å². The maximum Gasteiger partial charge on any atom is 0.337 e. The van der Waals surface area contributed by atoms with Crippen LogP contribution in [0, 0.1) is 0 Å². The second-order valence-corrected chi connectivity index (χ2v) is 6.39. The minimum absolute atomic E-state index is 0.0446. The average molecular weight is 349 g/mol. The first-order valence-corrected chi connectivity index (χ1v) is 8.02. The van der Waals surface area contributed by atoms with E-state index >= 15 is 0 Å². The van der Waals surface area contributed by atoms with Crippen LogP contribution in [-0.4, -0.2) is 57.7 Å². The van der Waals surface area contributed by atoms with E-state index in [1.54, 1.807) is 16.8 Å².